The van der Waals surface area contributed by atoms with Crippen molar-refractivity contribution in [3.63, 3.8) is 0 Å². The summed E-state index contributed by atoms with van der Waals surface area (Å²) in [5, 5.41) is 3.27. The van der Waals surface area contributed by atoms with Crippen molar-refractivity contribution in [1.29, 1.82) is 0 Å². The molecule has 0 bridgehead atoms. The lowest BCUT2D eigenvalue weighted by molar-refractivity contribution is -0.141. The van der Waals surface area contributed by atoms with Crippen molar-refractivity contribution in [3.05, 3.63) is 0 Å². The van der Waals surface area contributed by atoms with Crippen LogP contribution in [0.2, 0.25) is 0 Å². The summed E-state index contributed by atoms with van der Waals surface area (Å²) in [6, 6.07) is 0. The van der Waals surface area contributed by atoms with E-state index in [-0.39, 0.29) is 30.3 Å². The minimum Gasteiger partial charge on any atom is -0.376 e. The summed E-state index contributed by atoms with van der Waals surface area (Å²) in [5.41, 5.74) is 0. The lowest BCUT2D eigenvalue weighted by Crippen LogP contribution is -2.44. The van der Waals surface area contributed by atoms with Gasteiger partial charge < -0.3 is 19.7 Å². The molecule has 5 nitrogen and oxygen atoms in total. The van der Waals surface area contributed by atoms with Gasteiger partial charge >= 0.3 is 0 Å². The van der Waals surface area contributed by atoms with Crippen LogP contribution in [-0.4, -0.2) is 63.4 Å². The Morgan fingerprint density at radius 1 is 1.33 bits per heavy atom. The third-order valence-electron chi connectivity index (χ3n) is 3.43. The molecule has 0 aliphatic carbocycles. The zero-order chi connectivity index (χ0) is 12.1. The highest BCUT2D eigenvalue weighted by molar-refractivity contribution is 5.85. The molecule has 2 aliphatic rings. The molecular formula is C12H23ClN2O3. The van der Waals surface area contributed by atoms with Crippen molar-refractivity contribution in [2.45, 2.75) is 18.9 Å². The highest BCUT2D eigenvalue weighted by Gasteiger charge is 2.26. The van der Waals surface area contributed by atoms with Crippen LogP contribution < -0.4 is 5.32 Å². The van der Waals surface area contributed by atoms with Crippen molar-refractivity contribution in [1.82, 2.24) is 10.2 Å². The van der Waals surface area contributed by atoms with E-state index in [4.69, 9.17) is 9.47 Å². The highest BCUT2D eigenvalue weighted by atomic mass is 35.5. The van der Waals surface area contributed by atoms with Gasteiger partial charge in [-0.2, -0.15) is 0 Å². The van der Waals surface area contributed by atoms with Crippen LogP contribution in [0.4, 0.5) is 0 Å². The second-order valence-electron chi connectivity index (χ2n) is 4.81. The SMILES string of the molecule is CN(CC1COCCO1)C(=O)C1CCNCC1.Cl. The predicted octanol–water partition coefficient (Wildman–Crippen LogP) is 0.282. The molecule has 1 N–H and O–H groups in total. The standard InChI is InChI=1S/C12H22N2O3.ClH/c1-14(8-11-9-16-6-7-17-11)12(15)10-2-4-13-5-3-10;/h10-11,13H,2-9H2,1H3;1H. The average molecular weight is 279 g/mol. The van der Waals surface area contributed by atoms with Crippen molar-refractivity contribution in [2.24, 2.45) is 5.92 Å². The van der Waals surface area contributed by atoms with E-state index in [1.165, 1.54) is 0 Å². The number of hydrogen-bond donors (Lipinski definition) is 1. The number of rotatable bonds is 3. The quantitative estimate of drug-likeness (QED) is 0.806. The molecule has 1 unspecified atom stereocenters. The summed E-state index contributed by atoms with van der Waals surface area (Å²) < 4.78 is 10.9. The Bertz CT molecular complexity index is 254. The lowest BCUT2D eigenvalue weighted by atomic mass is 9.96. The molecule has 2 rings (SSSR count). The van der Waals surface area contributed by atoms with E-state index in [1.54, 1.807) is 4.90 Å². The Morgan fingerprint density at radius 3 is 2.67 bits per heavy atom. The van der Waals surface area contributed by atoms with Crippen LogP contribution in [0, 0.1) is 5.92 Å². The number of carbonyl (C=O) groups excluding carboxylic acids is 1. The summed E-state index contributed by atoms with van der Waals surface area (Å²) in [4.78, 5) is 14.0. The fourth-order valence-corrected chi connectivity index (χ4v) is 2.42. The van der Waals surface area contributed by atoms with Gasteiger partial charge in [0.2, 0.25) is 5.91 Å². The zero-order valence-electron chi connectivity index (χ0n) is 10.9. The van der Waals surface area contributed by atoms with E-state index >= 15 is 0 Å². The van der Waals surface area contributed by atoms with Crippen LogP contribution in [0.5, 0.6) is 0 Å². The van der Waals surface area contributed by atoms with Gasteiger partial charge in [-0.3, -0.25) is 4.79 Å². The highest BCUT2D eigenvalue weighted by Crippen LogP contribution is 2.15. The van der Waals surface area contributed by atoms with E-state index in [1.807, 2.05) is 7.05 Å². The van der Waals surface area contributed by atoms with Crippen LogP contribution in [0.1, 0.15) is 12.8 Å². The number of nitrogens with zero attached hydrogens (tertiary/aromatic N) is 1. The first-order chi connectivity index (χ1) is 8.27. The minimum atomic E-state index is 0. The average Bonchev–Trinajstić information content (AvgIpc) is 2.40. The second-order valence-corrected chi connectivity index (χ2v) is 4.81. The van der Waals surface area contributed by atoms with Crippen molar-refractivity contribution >= 4 is 18.3 Å². The van der Waals surface area contributed by atoms with E-state index < -0.39 is 0 Å². The number of amides is 1. The number of nitrogens with one attached hydrogen (secondary N) is 1. The molecule has 0 radical (unpaired) electrons. The molecule has 6 heteroatoms. The van der Waals surface area contributed by atoms with Crippen LogP contribution in [0.3, 0.4) is 0 Å². The number of likely N-dealkylation sites (N-methyl/N-ethyl adjacent to an activating group) is 1. The zero-order valence-corrected chi connectivity index (χ0v) is 11.7. The number of ether oxygens (including phenoxy) is 2. The van der Waals surface area contributed by atoms with Crippen molar-refractivity contribution < 1.29 is 14.3 Å². The van der Waals surface area contributed by atoms with E-state index in [9.17, 15) is 4.79 Å². The predicted molar refractivity (Wildman–Crippen MR) is 71.0 cm³/mol. The fraction of sp³-hybridized carbons (Fsp3) is 0.917. The van der Waals surface area contributed by atoms with Gasteiger partial charge in [0.1, 0.15) is 0 Å². The Kier molecular flexibility index (Phi) is 6.92. The van der Waals surface area contributed by atoms with Gasteiger partial charge in [0.15, 0.2) is 0 Å². The van der Waals surface area contributed by atoms with Gasteiger partial charge in [0.05, 0.1) is 25.9 Å². The van der Waals surface area contributed by atoms with E-state index in [0.29, 0.717) is 26.4 Å². The third-order valence-corrected chi connectivity index (χ3v) is 3.43. The van der Waals surface area contributed by atoms with Crippen LogP contribution in [-0.2, 0) is 14.3 Å². The second kappa shape index (κ2) is 7.94. The first-order valence-corrected chi connectivity index (χ1v) is 6.42. The van der Waals surface area contributed by atoms with Crippen LogP contribution in [0.15, 0.2) is 0 Å². The molecule has 1 atom stereocenters. The molecule has 0 saturated carbocycles. The van der Waals surface area contributed by atoms with Crippen molar-refractivity contribution in [2.75, 3.05) is 46.5 Å². The van der Waals surface area contributed by atoms with Gasteiger partial charge in [-0.25, -0.2) is 0 Å². The monoisotopic (exact) mass is 278 g/mol. The number of hydrogen-bond acceptors (Lipinski definition) is 4. The summed E-state index contributed by atoms with van der Waals surface area (Å²) in [7, 11) is 1.86. The molecule has 0 aromatic carbocycles. The molecule has 1 amide bonds. The first kappa shape index (κ1) is 15.7. The van der Waals surface area contributed by atoms with Crippen LogP contribution in [0.25, 0.3) is 0 Å². The van der Waals surface area contributed by atoms with E-state index in [0.717, 1.165) is 25.9 Å². The summed E-state index contributed by atoms with van der Waals surface area (Å²) >= 11 is 0. The van der Waals surface area contributed by atoms with Crippen LogP contribution >= 0.6 is 12.4 Å². The Morgan fingerprint density at radius 2 is 2.06 bits per heavy atom. The smallest absolute Gasteiger partial charge is 0.225 e. The molecule has 0 spiro atoms. The molecule has 2 aliphatic heterocycles. The normalized spacial score (nSPS) is 25.3. The third kappa shape index (κ3) is 4.39. The number of halogens is 1. The Hall–Kier alpha value is -0.360. The maximum absolute atomic E-state index is 12.2. The summed E-state index contributed by atoms with van der Waals surface area (Å²) in [5.74, 6) is 0.437. The first-order valence-electron chi connectivity index (χ1n) is 6.42. The van der Waals surface area contributed by atoms with E-state index in [2.05, 4.69) is 5.32 Å². The molecule has 18 heavy (non-hydrogen) atoms. The molecule has 0 aromatic heterocycles. The summed E-state index contributed by atoms with van der Waals surface area (Å²) in [6.07, 6.45) is 1.94. The Balaban J connectivity index is 0.00000162. The fourth-order valence-electron chi connectivity index (χ4n) is 2.42. The van der Waals surface area contributed by atoms with Gasteiger partial charge in [-0.1, -0.05) is 0 Å². The number of piperidine rings is 1. The molecule has 2 fully saturated rings. The lowest BCUT2D eigenvalue weighted by Gasteiger charge is -2.31. The Labute approximate surface area is 115 Å². The minimum absolute atomic E-state index is 0. The summed E-state index contributed by atoms with van der Waals surface area (Å²) in [6.45, 7) is 4.45. The maximum Gasteiger partial charge on any atom is 0.225 e. The molecule has 2 heterocycles. The molecule has 2 saturated heterocycles. The topological polar surface area (TPSA) is 50.8 Å². The van der Waals surface area contributed by atoms with Gasteiger partial charge in [0.25, 0.3) is 0 Å². The maximum atomic E-state index is 12.2. The molecular weight excluding hydrogens is 256 g/mol. The van der Waals surface area contributed by atoms with Gasteiger partial charge in [-0.05, 0) is 25.9 Å². The van der Waals surface area contributed by atoms with Gasteiger partial charge in [-0.15, -0.1) is 12.4 Å². The molecule has 0 aromatic rings. The number of carbonyl (C=O) groups is 1. The van der Waals surface area contributed by atoms with Crippen molar-refractivity contribution in [3.8, 4) is 0 Å². The molecule has 106 valence electrons. The van der Waals surface area contributed by atoms with Gasteiger partial charge in [0, 0.05) is 19.5 Å². The largest absolute Gasteiger partial charge is 0.376 e.